The minimum absolute atomic E-state index is 0.0546. The Morgan fingerprint density at radius 3 is 2.48 bits per heavy atom. The van der Waals surface area contributed by atoms with Crippen LogP contribution in [0.3, 0.4) is 0 Å². The van der Waals surface area contributed by atoms with Crippen molar-refractivity contribution < 1.29 is 23.5 Å². The van der Waals surface area contributed by atoms with Gasteiger partial charge in [0.25, 0.3) is 5.91 Å². The third-order valence-corrected chi connectivity index (χ3v) is 3.14. The van der Waals surface area contributed by atoms with Crippen molar-refractivity contribution in [1.29, 1.82) is 0 Å². The summed E-state index contributed by atoms with van der Waals surface area (Å²) in [6, 6.07) is 5.10. The van der Waals surface area contributed by atoms with E-state index in [2.05, 4.69) is 10.6 Å². The molecule has 3 amide bonds. The van der Waals surface area contributed by atoms with Gasteiger partial charge in [-0.1, -0.05) is 19.1 Å². The molecule has 2 N–H and O–H groups in total. The normalized spacial score (nSPS) is 11.4. The first-order valence-corrected chi connectivity index (χ1v) is 7.41. The van der Waals surface area contributed by atoms with E-state index in [0.29, 0.717) is 6.42 Å². The third-order valence-electron chi connectivity index (χ3n) is 3.14. The van der Waals surface area contributed by atoms with Crippen LogP contribution in [0.1, 0.15) is 32.3 Å². The van der Waals surface area contributed by atoms with E-state index in [1.54, 1.807) is 19.1 Å². The quantitative estimate of drug-likeness (QED) is 0.751. The second kappa shape index (κ2) is 9.55. The van der Waals surface area contributed by atoms with Crippen molar-refractivity contribution in [2.45, 2.75) is 39.2 Å². The molecule has 0 aliphatic rings. The number of hydrogen-bond donors (Lipinski definition) is 2. The zero-order valence-corrected chi connectivity index (χ0v) is 13.2. The van der Waals surface area contributed by atoms with Crippen molar-refractivity contribution in [3.63, 3.8) is 0 Å². The maximum Gasteiger partial charge on any atom is 0.321 e. The predicted molar refractivity (Wildman–Crippen MR) is 82.1 cm³/mol. The van der Waals surface area contributed by atoms with E-state index in [-0.39, 0.29) is 18.3 Å². The number of benzene rings is 1. The van der Waals surface area contributed by atoms with Gasteiger partial charge >= 0.3 is 12.0 Å². The Bertz CT molecular complexity index is 546. The Balaban J connectivity index is 2.23. The van der Waals surface area contributed by atoms with Crippen molar-refractivity contribution in [1.82, 2.24) is 10.6 Å². The van der Waals surface area contributed by atoms with Crippen molar-refractivity contribution in [3.05, 3.63) is 35.6 Å². The Hall–Kier alpha value is -2.44. The lowest BCUT2D eigenvalue weighted by Gasteiger charge is -2.11. The van der Waals surface area contributed by atoms with Crippen molar-refractivity contribution in [2.75, 3.05) is 6.61 Å². The lowest BCUT2D eigenvalue weighted by molar-refractivity contribution is -0.148. The fourth-order valence-electron chi connectivity index (χ4n) is 1.64. The molecule has 0 fully saturated rings. The Labute approximate surface area is 134 Å². The molecule has 0 aromatic heterocycles. The van der Waals surface area contributed by atoms with Crippen LogP contribution >= 0.6 is 0 Å². The molecule has 0 aliphatic carbocycles. The standard InChI is InChI=1S/C16H21FN2O4/c1-3-11(2)18-16(22)19-14(20)10-23-15(21)9-6-12-4-7-13(17)8-5-12/h4-5,7-8,11H,3,6,9-10H2,1-2H3,(H2,18,19,20,22)/t11-/m1/s1. The number of halogens is 1. The van der Waals surface area contributed by atoms with E-state index in [9.17, 15) is 18.8 Å². The second-order valence-corrected chi connectivity index (χ2v) is 5.12. The molecule has 0 unspecified atom stereocenters. The lowest BCUT2D eigenvalue weighted by Crippen LogP contribution is -2.44. The number of esters is 1. The van der Waals surface area contributed by atoms with Gasteiger partial charge in [-0.15, -0.1) is 0 Å². The summed E-state index contributed by atoms with van der Waals surface area (Å²) in [5, 5.41) is 4.63. The molecular formula is C16H21FN2O4. The fraction of sp³-hybridized carbons (Fsp3) is 0.438. The molecule has 0 spiro atoms. The van der Waals surface area contributed by atoms with Gasteiger partial charge in [-0.2, -0.15) is 0 Å². The number of carbonyl (C=O) groups is 3. The lowest BCUT2D eigenvalue weighted by atomic mass is 10.1. The maximum atomic E-state index is 12.7. The number of urea groups is 1. The van der Waals surface area contributed by atoms with Crippen molar-refractivity contribution in [2.24, 2.45) is 0 Å². The molecule has 0 saturated carbocycles. The molecule has 0 aliphatic heterocycles. The summed E-state index contributed by atoms with van der Waals surface area (Å²) in [5.74, 6) is -1.60. The van der Waals surface area contributed by atoms with Crippen LogP contribution in [0.4, 0.5) is 9.18 Å². The average molecular weight is 324 g/mol. The van der Waals surface area contributed by atoms with Gasteiger partial charge in [-0.05, 0) is 37.5 Å². The molecule has 126 valence electrons. The van der Waals surface area contributed by atoms with Gasteiger partial charge in [0.2, 0.25) is 0 Å². The largest absolute Gasteiger partial charge is 0.456 e. The molecule has 6 nitrogen and oxygen atoms in total. The SMILES string of the molecule is CC[C@@H](C)NC(=O)NC(=O)COC(=O)CCc1ccc(F)cc1. The summed E-state index contributed by atoms with van der Waals surface area (Å²) in [6.07, 6.45) is 1.19. The Kier molecular flexibility index (Phi) is 7.73. The zero-order valence-electron chi connectivity index (χ0n) is 13.2. The second-order valence-electron chi connectivity index (χ2n) is 5.12. The topological polar surface area (TPSA) is 84.5 Å². The van der Waals surface area contributed by atoms with Crippen LogP contribution in [0.5, 0.6) is 0 Å². The highest BCUT2D eigenvalue weighted by molar-refractivity contribution is 5.95. The Morgan fingerprint density at radius 2 is 1.87 bits per heavy atom. The van der Waals surface area contributed by atoms with Gasteiger partial charge in [0.15, 0.2) is 6.61 Å². The summed E-state index contributed by atoms with van der Waals surface area (Å²) in [6.45, 7) is 3.19. The first-order valence-electron chi connectivity index (χ1n) is 7.41. The highest BCUT2D eigenvalue weighted by atomic mass is 19.1. The smallest absolute Gasteiger partial charge is 0.321 e. The molecule has 23 heavy (non-hydrogen) atoms. The van der Waals surface area contributed by atoms with Crippen LogP contribution in [0, 0.1) is 5.82 Å². The van der Waals surface area contributed by atoms with Crippen LogP contribution in [0.2, 0.25) is 0 Å². The highest BCUT2D eigenvalue weighted by Crippen LogP contribution is 2.06. The van der Waals surface area contributed by atoms with Crippen LogP contribution in [0.15, 0.2) is 24.3 Å². The van der Waals surface area contributed by atoms with E-state index >= 15 is 0 Å². The third kappa shape index (κ3) is 7.94. The monoisotopic (exact) mass is 324 g/mol. The molecule has 1 aromatic carbocycles. The number of amides is 3. The van der Waals surface area contributed by atoms with Gasteiger partial charge < -0.3 is 10.1 Å². The van der Waals surface area contributed by atoms with Crippen LogP contribution < -0.4 is 10.6 Å². The molecular weight excluding hydrogens is 303 g/mol. The fourth-order valence-corrected chi connectivity index (χ4v) is 1.64. The van der Waals surface area contributed by atoms with E-state index in [4.69, 9.17) is 4.74 Å². The highest BCUT2D eigenvalue weighted by Gasteiger charge is 2.12. The van der Waals surface area contributed by atoms with E-state index < -0.39 is 24.5 Å². The molecule has 1 atom stereocenters. The summed E-state index contributed by atoms with van der Waals surface area (Å²) >= 11 is 0. The first-order chi connectivity index (χ1) is 10.9. The molecule has 0 saturated heterocycles. The summed E-state index contributed by atoms with van der Waals surface area (Å²) in [7, 11) is 0. The maximum absolute atomic E-state index is 12.7. The van der Waals surface area contributed by atoms with Crippen molar-refractivity contribution in [3.8, 4) is 0 Å². The van der Waals surface area contributed by atoms with Crippen LogP contribution in [-0.4, -0.2) is 30.6 Å². The average Bonchev–Trinajstić information content (AvgIpc) is 2.52. The molecule has 0 heterocycles. The number of rotatable bonds is 7. The zero-order chi connectivity index (χ0) is 17.2. The predicted octanol–water partition coefficient (Wildman–Crippen LogP) is 1.93. The summed E-state index contributed by atoms with van der Waals surface area (Å²) in [5.41, 5.74) is 0.792. The van der Waals surface area contributed by atoms with Gasteiger partial charge in [0.1, 0.15) is 5.82 Å². The number of aryl methyl sites for hydroxylation is 1. The number of ether oxygens (including phenoxy) is 1. The molecule has 7 heteroatoms. The van der Waals surface area contributed by atoms with E-state index in [1.165, 1.54) is 12.1 Å². The summed E-state index contributed by atoms with van der Waals surface area (Å²) in [4.78, 5) is 34.4. The molecule has 0 bridgehead atoms. The van der Waals surface area contributed by atoms with Gasteiger partial charge in [-0.3, -0.25) is 14.9 Å². The van der Waals surface area contributed by atoms with Gasteiger partial charge in [0, 0.05) is 12.5 Å². The van der Waals surface area contributed by atoms with Crippen LogP contribution in [0.25, 0.3) is 0 Å². The first kappa shape index (κ1) is 18.6. The van der Waals surface area contributed by atoms with Crippen LogP contribution in [-0.2, 0) is 20.7 Å². The molecule has 0 radical (unpaired) electrons. The number of nitrogens with one attached hydrogen (secondary N) is 2. The number of hydrogen-bond acceptors (Lipinski definition) is 4. The van der Waals surface area contributed by atoms with Gasteiger partial charge in [-0.25, -0.2) is 9.18 Å². The number of carbonyl (C=O) groups excluding carboxylic acids is 3. The minimum Gasteiger partial charge on any atom is -0.456 e. The van der Waals surface area contributed by atoms with Gasteiger partial charge in [0.05, 0.1) is 0 Å². The van der Waals surface area contributed by atoms with E-state index in [1.807, 2.05) is 6.92 Å². The van der Waals surface area contributed by atoms with Crippen molar-refractivity contribution >= 4 is 17.9 Å². The van der Waals surface area contributed by atoms with E-state index in [0.717, 1.165) is 12.0 Å². The minimum atomic E-state index is -0.694. The Morgan fingerprint density at radius 1 is 1.22 bits per heavy atom. The molecule has 1 rings (SSSR count). The number of imide groups is 1. The molecule has 1 aromatic rings. The summed E-state index contributed by atoms with van der Waals surface area (Å²) < 4.78 is 17.5.